The van der Waals surface area contributed by atoms with E-state index < -0.39 is 11.7 Å². The zero-order valence-corrected chi connectivity index (χ0v) is 15.2. The van der Waals surface area contributed by atoms with E-state index in [1.165, 1.54) is 24.3 Å². The van der Waals surface area contributed by atoms with Gasteiger partial charge in [-0.05, 0) is 48.5 Å². The average Bonchev–Trinajstić information content (AvgIpc) is 2.74. The summed E-state index contributed by atoms with van der Waals surface area (Å²) in [7, 11) is 0. The lowest BCUT2D eigenvalue weighted by Gasteiger charge is -2.09. The van der Waals surface area contributed by atoms with Gasteiger partial charge in [-0.25, -0.2) is 9.37 Å². The number of fused-ring (bicyclic) bond motifs is 1. The molecule has 0 saturated heterocycles. The fourth-order valence-electron chi connectivity index (χ4n) is 2.91. The minimum atomic E-state index is -0.610. The van der Waals surface area contributed by atoms with Crippen LogP contribution < -0.4 is 10.6 Å². The Hall–Kier alpha value is -4.06. The van der Waals surface area contributed by atoms with Crippen LogP contribution in [0, 0.1) is 5.82 Å². The highest BCUT2D eigenvalue weighted by Gasteiger charge is 2.13. The van der Waals surface area contributed by atoms with Gasteiger partial charge in [0.05, 0.1) is 11.1 Å². The number of benzene rings is 3. The summed E-state index contributed by atoms with van der Waals surface area (Å²) in [5.74, 6) is -1.14. The van der Waals surface area contributed by atoms with Crippen LogP contribution in [0.3, 0.4) is 0 Å². The van der Waals surface area contributed by atoms with Gasteiger partial charge in [-0.2, -0.15) is 0 Å². The molecule has 0 unspecified atom stereocenters. The van der Waals surface area contributed by atoms with Crippen molar-refractivity contribution < 1.29 is 14.0 Å². The van der Waals surface area contributed by atoms with Crippen molar-refractivity contribution in [2.75, 3.05) is 10.6 Å². The predicted molar refractivity (Wildman–Crippen MR) is 110 cm³/mol. The van der Waals surface area contributed by atoms with E-state index in [2.05, 4.69) is 15.6 Å². The van der Waals surface area contributed by atoms with E-state index in [1.807, 2.05) is 30.3 Å². The average molecular weight is 385 g/mol. The summed E-state index contributed by atoms with van der Waals surface area (Å²) in [6.45, 7) is 0. The number of anilines is 2. The first kappa shape index (κ1) is 18.3. The quantitative estimate of drug-likeness (QED) is 0.526. The molecule has 3 aromatic carbocycles. The van der Waals surface area contributed by atoms with Gasteiger partial charge in [-0.15, -0.1) is 0 Å². The van der Waals surface area contributed by atoms with Crippen LogP contribution >= 0.6 is 0 Å². The Bertz CT molecular complexity index is 1220. The Morgan fingerprint density at radius 1 is 0.759 bits per heavy atom. The number of aromatic nitrogens is 1. The highest BCUT2D eigenvalue weighted by molar-refractivity contribution is 6.07. The van der Waals surface area contributed by atoms with Crippen LogP contribution in [0.4, 0.5) is 15.9 Å². The maximum Gasteiger partial charge on any atom is 0.258 e. The maximum atomic E-state index is 13.8. The molecule has 0 fully saturated rings. The minimum absolute atomic E-state index is 0.0669. The standard InChI is InChI=1S/C23H16FN3O2/c24-19-10-3-2-9-18(19)23(29)25-17-8-5-7-16(14-17)22(28)27-21-13-12-15-6-1-4-11-20(15)26-21/h1-14H,(H,25,29)(H,26,27,28). The predicted octanol–water partition coefficient (Wildman–Crippen LogP) is 4.88. The zero-order valence-electron chi connectivity index (χ0n) is 15.2. The maximum absolute atomic E-state index is 13.8. The fourth-order valence-corrected chi connectivity index (χ4v) is 2.91. The van der Waals surface area contributed by atoms with Gasteiger partial charge in [0, 0.05) is 16.6 Å². The second-order valence-electron chi connectivity index (χ2n) is 6.36. The first-order valence-electron chi connectivity index (χ1n) is 8.93. The molecule has 4 rings (SSSR count). The van der Waals surface area contributed by atoms with Crippen LogP contribution in [0.1, 0.15) is 20.7 Å². The molecule has 1 aromatic heterocycles. The second-order valence-corrected chi connectivity index (χ2v) is 6.36. The number of para-hydroxylation sites is 1. The molecular formula is C23H16FN3O2. The smallest absolute Gasteiger partial charge is 0.258 e. The molecule has 6 heteroatoms. The summed E-state index contributed by atoms with van der Waals surface area (Å²) < 4.78 is 13.8. The first-order chi connectivity index (χ1) is 14.1. The third-order valence-electron chi connectivity index (χ3n) is 4.34. The van der Waals surface area contributed by atoms with Gasteiger partial charge in [0.1, 0.15) is 11.6 Å². The monoisotopic (exact) mass is 385 g/mol. The number of carbonyl (C=O) groups is 2. The van der Waals surface area contributed by atoms with Crippen molar-refractivity contribution in [1.82, 2.24) is 4.98 Å². The van der Waals surface area contributed by atoms with Crippen molar-refractivity contribution in [2.24, 2.45) is 0 Å². The summed E-state index contributed by atoms with van der Waals surface area (Å²) in [5, 5.41) is 6.33. The molecule has 0 spiro atoms. The molecule has 0 aliphatic carbocycles. The number of nitrogens with one attached hydrogen (secondary N) is 2. The number of hydrogen-bond donors (Lipinski definition) is 2. The Labute approximate surface area is 166 Å². The minimum Gasteiger partial charge on any atom is -0.322 e. The zero-order chi connectivity index (χ0) is 20.2. The largest absolute Gasteiger partial charge is 0.322 e. The fraction of sp³-hybridized carbons (Fsp3) is 0. The summed E-state index contributed by atoms with van der Waals surface area (Å²) >= 11 is 0. The van der Waals surface area contributed by atoms with E-state index in [1.54, 1.807) is 30.3 Å². The van der Waals surface area contributed by atoms with Crippen LogP contribution in [0.5, 0.6) is 0 Å². The first-order valence-corrected chi connectivity index (χ1v) is 8.93. The van der Waals surface area contributed by atoms with Crippen LogP contribution in [-0.4, -0.2) is 16.8 Å². The van der Waals surface area contributed by atoms with E-state index >= 15 is 0 Å². The summed E-state index contributed by atoms with van der Waals surface area (Å²) in [6, 6.07) is 23.3. The molecule has 0 radical (unpaired) electrons. The van der Waals surface area contributed by atoms with E-state index in [0.29, 0.717) is 17.1 Å². The molecule has 2 amide bonds. The lowest BCUT2D eigenvalue weighted by molar-refractivity contribution is 0.101. The molecule has 2 N–H and O–H groups in total. The van der Waals surface area contributed by atoms with Gasteiger partial charge in [0.25, 0.3) is 11.8 Å². The van der Waals surface area contributed by atoms with Crippen molar-refractivity contribution in [3.05, 3.63) is 102 Å². The Morgan fingerprint density at radius 2 is 1.55 bits per heavy atom. The van der Waals surface area contributed by atoms with Gasteiger partial charge >= 0.3 is 0 Å². The topological polar surface area (TPSA) is 71.1 Å². The third-order valence-corrected chi connectivity index (χ3v) is 4.34. The third kappa shape index (κ3) is 4.11. The molecular weight excluding hydrogens is 369 g/mol. The number of nitrogens with zero attached hydrogens (tertiary/aromatic N) is 1. The van der Waals surface area contributed by atoms with Gasteiger partial charge < -0.3 is 10.6 Å². The van der Waals surface area contributed by atoms with Gasteiger partial charge in [-0.3, -0.25) is 9.59 Å². The van der Waals surface area contributed by atoms with Crippen LogP contribution in [0.15, 0.2) is 84.9 Å². The number of carbonyl (C=O) groups excluding carboxylic acids is 2. The normalized spacial score (nSPS) is 10.5. The summed E-state index contributed by atoms with van der Waals surface area (Å²) in [6.07, 6.45) is 0. The van der Waals surface area contributed by atoms with Crippen molar-refractivity contribution >= 4 is 34.2 Å². The molecule has 5 nitrogen and oxygen atoms in total. The molecule has 4 aromatic rings. The molecule has 29 heavy (non-hydrogen) atoms. The van der Waals surface area contributed by atoms with Gasteiger partial charge in [0.15, 0.2) is 0 Å². The molecule has 0 bridgehead atoms. The molecule has 1 heterocycles. The number of halogens is 1. The van der Waals surface area contributed by atoms with Crippen molar-refractivity contribution in [3.63, 3.8) is 0 Å². The number of hydrogen-bond acceptors (Lipinski definition) is 3. The van der Waals surface area contributed by atoms with E-state index in [-0.39, 0.29) is 11.5 Å². The van der Waals surface area contributed by atoms with Gasteiger partial charge in [0.2, 0.25) is 0 Å². The van der Waals surface area contributed by atoms with E-state index in [0.717, 1.165) is 10.9 Å². The number of rotatable bonds is 4. The van der Waals surface area contributed by atoms with Crippen molar-refractivity contribution in [1.29, 1.82) is 0 Å². The lowest BCUT2D eigenvalue weighted by Crippen LogP contribution is -2.16. The SMILES string of the molecule is O=C(Nc1ccc2ccccc2n1)c1cccc(NC(=O)c2ccccc2F)c1. The van der Waals surface area contributed by atoms with E-state index in [4.69, 9.17) is 0 Å². The highest BCUT2D eigenvalue weighted by Crippen LogP contribution is 2.17. The molecule has 0 aliphatic heterocycles. The second kappa shape index (κ2) is 7.90. The number of pyridine rings is 1. The lowest BCUT2D eigenvalue weighted by atomic mass is 10.1. The number of amides is 2. The van der Waals surface area contributed by atoms with Crippen molar-refractivity contribution in [2.45, 2.75) is 0 Å². The highest BCUT2D eigenvalue weighted by atomic mass is 19.1. The van der Waals surface area contributed by atoms with Crippen LogP contribution in [0.2, 0.25) is 0 Å². The molecule has 0 aliphatic rings. The Balaban J connectivity index is 1.50. The Morgan fingerprint density at radius 3 is 2.41 bits per heavy atom. The van der Waals surface area contributed by atoms with Crippen LogP contribution in [0.25, 0.3) is 10.9 Å². The summed E-state index contributed by atoms with van der Waals surface area (Å²) in [4.78, 5) is 29.3. The van der Waals surface area contributed by atoms with Crippen molar-refractivity contribution in [3.8, 4) is 0 Å². The molecule has 0 saturated carbocycles. The van der Waals surface area contributed by atoms with Gasteiger partial charge in [-0.1, -0.05) is 36.4 Å². The van der Waals surface area contributed by atoms with E-state index in [9.17, 15) is 14.0 Å². The Kier molecular flexibility index (Phi) is 4.99. The summed E-state index contributed by atoms with van der Waals surface area (Å²) in [5.41, 5.74) is 1.43. The van der Waals surface area contributed by atoms with Crippen LogP contribution in [-0.2, 0) is 0 Å². The molecule has 142 valence electrons. The molecule has 0 atom stereocenters.